The summed E-state index contributed by atoms with van der Waals surface area (Å²) in [4.78, 5) is 4.20. The molecule has 1 saturated heterocycles. The topological polar surface area (TPSA) is 24.9 Å². The summed E-state index contributed by atoms with van der Waals surface area (Å²) in [7, 11) is 0. The van der Waals surface area contributed by atoms with Crippen LogP contribution >= 0.6 is 0 Å². The monoisotopic (exact) mass is 210 g/mol. The molecule has 0 bridgehead atoms. The van der Waals surface area contributed by atoms with Crippen molar-refractivity contribution in [3.05, 3.63) is 35.7 Å². The zero-order valence-electron chi connectivity index (χ0n) is 9.11. The zero-order valence-corrected chi connectivity index (χ0v) is 9.11. The second kappa shape index (κ2) is 3.77. The van der Waals surface area contributed by atoms with E-state index in [1.165, 1.54) is 24.0 Å². The largest absolute Gasteiger partial charge is 0.309 e. The number of nitrogens with zero attached hydrogens (tertiary/aromatic N) is 1. The molecule has 0 aromatic carbocycles. The Hall–Kier alpha value is -1.59. The Morgan fingerprint density at radius 2 is 2.38 bits per heavy atom. The zero-order chi connectivity index (χ0) is 11.0. The van der Waals surface area contributed by atoms with Gasteiger partial charge in [-0.3, -0.25) is 4.98 Å². The third-order valence-corrected chi connectivity index (χ3v) is 3.55. The van der Waals surface area contributed by atoms with Gasteiger partial charge in [-0.05, 0) is 36.0 Å². The number of fused-ring (bicyclic) bond motifs is 1. The minimum Gasteiger partial charge on any atom is -0.309 e. The summed E-state index contributed by atoms with van der Waals surface area (Å²) in [6, 6.07) is 2.59. The third kappa shape index (κ3) is 1.45. The van der Waals surface area contributed by atoms with Gasteiger partial charge in [-0.15, -0.1) is 6.42 Å². The lowest BCUT2D eigenvalue weighted by Crippen LogP contribution is -2.54. The quantitative estimate of drug-likeness (QED) is 0.715. The lowest BCUT2D eigenvalue weighted by atomic mass is 9.76. The highest BCUT2D eigenvalue weighted by Crippen LogP contribution is 2.35. The molecule has 0 saturated carbocycles. The minimum absolute atomic E-state index is 0.531. The van der Waals surface area contributed by atoms with Crippen LogP contribution in [0.5, 0.6) is 0 Å². The predicted octanol–water partition coefficient (Wildman–Crippen LogP) is 1.83. The number of pyridine rings is 1. The predicted molar refractivity (Wildman–Crippen MR) is 64.7 cm³/mol. The summed E-state index contributed by atoms with van der Waals surface area (Å²) in [5, 5.41) is 3.49. The molecule has 1 aliphatic heterocycles. The van der Waals surface area contributed by atoms with Crippen molar-refractivity contribution in [3.8, 4) is 12.3 Å². The highest BCUT2D eigenvalue weighted by atomic mass is 15.0. The van der Waals surface area contributed by atoms with Crippen LogP contribution in [0.15, 0.2) is 24.5 Å². The van der Waals surface area contributed by atoms with Gasteiger partial charge in [-0.25, -0.2) is 0 Å². The smallest absolute Gasteiger partial charge is 0.0432 e. The van der Waals surface area contributed by atoms with Crippen LogP contribution in [0.3, 0.4) is 0 Å². The van der Waals surface area contributed by atoms with Gasteiger partial charge in [0, 0.05) is 30.5 Å². The van der Waals surface area contributed by atoms with Gasteiger partial charge in [0.2, 0.25) is 0 Å². The Morgan fingerprint density at radius 3 is 3.12 bits per heavy atom. The third-order valence-electron chi connectivity index (χ3n) is 3.55. The van der Waals surface area contributed by atoms with Crippen molar-refractivity contribution in [2.45, 2.75) is 18.9 Å². The first-order valence-electron chi connectivity index (χ1n) is 5.74. The molecule has 2 atom stereocenters. The van der Waals surface area contributed by atoms with Gasteiger partial charge in [0.1, 0.15) is 0 Å². The van der Waals surface area contributed by atoms with E-state index in [4.69, 9.17) is 6.42 Å². The fraction of sp³-hybridized carbons (Fsp3) is 0.357. The van der Waals surface area contributed by atoms with Gasteiger partial charge in [-0.1, -0.05) is 12.0 Å². The molecular weight excluding hydrogens is 196 g/mol. The molecule has 1 aliphatic carbocycles. The van der Waals surface area contributed by atoms with Crippen LogP contribution in [0.1, 0.15) is 24.0 Å². The molecule has 2 heteroatoms. The van der Waals surface area contributed by atoms with Crippen LogP contribution in [0.25, 0.3) is 5.57 Å². The van der Waals surface area contributed by atoms with E-state index in [1.807, 2.05) is 6.20 Å². The summed E-state index contributed by atoms with van der Waals surface area (Å²) < 4.78 is 0. The van der Waals surface area contributed by atoms with Crippen molar-refractivity contribution in [1.82, 2.24) is 10.3 Å². The molecule has 0 radical (unpaired) electrons. The number of rotatable bonds is 1. The number of hydrogen-bond acceptors (Lipinski definition) is 2. The van der Waals surface area contributed by atoms with Gasteiger partial charge in [0.05, 0.1) is 0 Å². The number of nitrogens with one attached hydrogen (secondary N) is 1. The van der Waals surface area contributed by atoms with Crippen LogP contribution in [0.4, 0.5) is 0 Å². The summed E-state index contributed by atoms with van der Waals surface area (Å²) >= 11 is 0. The molecule has 2 nitrogen and oxygen atoms in total. The second-order valence-corrected chi connectivity index (χ2v) is 4.49. The summed E-state index contributed by atoms with van der Waals surface area (Å²) in [6.45, 7) is 1.16. The van der Waals surface area contributed by atoms with Crippen molar-refractivity contribution in [2.24, 2.45) is 5.92 Å². The Bertz CT molecular complexity index is 482. The van der Waals surface area contributed by atoms with E-state index >= 15 is 0 Å². The van der Waals surface area contributed by atoms with E-state index < -0.39 is 0 Å². The van der Waals surface area contributed by atoms with Crippen molar-refractivity contribution in [2.75, 3.05) is 6.54 Å². The average Bonchev–Trinajstić information content (AvgIpc) is 2.30. The average molecular weight is 210 g/mol. The fourth-order valence-electron chi connectivity index (χ4n) is 2.59. The maximum atomic E-state index is 5.40. The molecule has 3 rings (SSSR count). The first kappa shape index (κ1) is 9.62. The maximum absolute atomic E-state index is 5.40. The van der Waals surface area contributed by atoms with Crippen LogP contribution in [0.2, 0.25) is 0 Å². The van der Waals surface area contributed by atoms with Crippen molar-refractivity contribution in [1.29, 1.82) is 0 Å². The first-order valence-corrected chi connectivity index (χ1v) is 5.74. The molecule has 2 aliphatic rings. The Kier molecular flexibility index (Phi) is 2.27. The molecule has 2 heterocycles. The van der Waals surface area contributed by atoms with Crippen LogP contribution in [-0.4, -0.2) is 17.6 Å². The highest BCUT2D eigenvalue weighted by molar-refractivity contribution is 5.72. The van der Waals surface area contributed by atoms with Crippen LogP contribution in [0, 0.1) is 18.3 Å². The SMILES string of the molecule is C#Cc1cncc(C2=CCC[C@H]3CN[C@@H]23)c1. The lowest BCUT2D eigenvalue weighted by Gasteiger charge is -2.42. The summed E-state index contributed by atoms with van der Waals surface area (Å²) in [6.07, 6.45) is 13.9. The minimum atomic E-state index is 0.531. The molecule has 0 spiro atoms. The van der Waals surface area contributed by atoms with E-state index in [-0.39, 0.29) is 0 Å². The Morgan fingerprint density at radius 1 is 1.44 bits per heavy atom. The van der Waals surface area contributed by atoms with E-state index in [0.29, 0.717) is 6.04 Å². The van der Waals surface area contributed by atoms with E-state index in [2.05, 4.69) is 28.4 Å². The molecule has 1 fully saturated rings. The first-order chi connectivity index (χ1) is 7.88. The highest BCUT2D eigenvalue weighted by Gasteiger charge is 2.35. The van der Waals surface area contributed by atoms with E-state index in [1.54, 1.807) is 6.20 Å². The van der Waals surface area contributed by atoms with Gasteiger partial charge in [-0.2, -0.15) is 0 Å². The molecule has 80 valence electrons. The molecule has 0 amide bonds. The Labute approximate surface area is 95.8 Å². The number of aromatic nitrogens is 1. The van der Waals surface area contributed by atoms with Gasteiger partial charge in [0.25, 0.3) is 0 Å². The van der Waals surface area contributed by atoms with E-state index in [9.17, 15) is 0 Å². The van der Waals surface area contributed by atoms with Crippen molar-refractivity contribution < 1.29 is 0 Å². The second-order valence-electron chi connectivity index (χ2n) is 4.49. The molecule has 0 unspecified atom stereocenters. The van der Waals surface area contributed by atoms with Gasteiger partial charge < -0.3 is 5.32 Å². The lowest BCUT2D eigenvalue weighted by molar-refractivity contribution is 0.262. The number of hydrogen-bond donors (Lipinski definition) is 1. The molecule has 16 heavy (non-hydrogen) atoms. The van der Waals surface area contributed by atoms with Gasteiger partial charge in [0.15, 0.2) is 0 Å². The maximum Gasteiger partial charge on any atom is 0.0432 e. The number of allylic oxidation sites excluding steroid dienone is 1. The summed E-state index contributed by atoms with van der Waals surface area (Å²) in [5.74, 6) is 3.45. The fourth-order valence-corrected chi connectivity index (χ4v) is 2.59. The standard InChI is InChI=1S/C14H14N2/c1-2-10-6-12(8-15-7-10)13-5-3-4-11-9-16-14(11)13/h1,5-8,11,14,16H,3-4,9H2/t11-,14+/m0/s1. The van der Waals surface area contributed by atoms with E-state index in [0.717, 1.165) is 18.0 Å². The molecule has 1 aromatic heterocycles. The van der Waals surface area contributed by atoms with Crippen molar-refractivity contribution >= 4 is 5.57 Å². The van der Waals surface area contributed by atoms with Gasteiger partial charge >= 0.3 is 0 Å². The molecule has 1 N–H and O–H groups in total. The number of terminal acetylenes is 1. The van der Waals surface area contributed by atoms with Crippen LogP contribution < -0.4 is 5.32 Å². The molecular formula is C14H14N2. The van der Waals surface area contributed by atoms with Crippen molar-refractivity contribution in [3.63, 3.8) is 0 Å². The normalized spacial score (nSPS) is 27.3. The Balaban J connectivity index is 1.97. The summed E-state index contributed by atoms with van der Waals surface area (Å²) in [5.41, 5.74) is 3.42. The van der Waals surface area contributed by atoms with Crippen LogP contribution in [-0.2, 0) is 0 Å². The molecule has 1 aromatic rings.